The summed E-state index contributed by atoms with van der Waals surface area (Å²) in [5, 5.41) is 6.10. The second-order valence-corrected chi connectivity index (χ2v) is 7.25. The smallest absolute Gasteiger partial charge is 0.228 e. The fraction of sp³-hybridized carbons (Fsp3) is 0.190. The highest BCUT2D eigenvalue weighted by atomic mass is 35.5. The molecule has 0 saturated carbocycles. The Morgan fingerprint density at radius 1 is 0.931 bits per heavy atom. The molecule has 29 heavy (non-hydrogen) atoms. The predicted molar refractivity (Wildman–Crippen MR) is 115 cm³/mol. The van der Waals surface area contributed by atoms with E-state index in [0.717, 1.165) is 35.4 Å². The number of benzene rings is 2. The van der Waals surface area contributed by atoms with E-state index in [9.17, 15) is 0 Å². The summed E-state index contributed by atoms with van der Waals surface area (Å²) in [5.74, 6) is 1.13. The largest absolute Gasteiger partial charge is 0.383 e. The maximum atomic E-state index is 6.53. The van der Waals surface area contributed by atoms with Crippen LogP contribution >= 0.6 is 11.6 Å². The first-order chi connectivity index (χ1) is 14.2. The van der Waals surface area contributed by atoms with Crippen LogP contribution in [0.25, 0.3) is 28.0 Å². The van der Waals surface area contributed by atoms with Crippen molar-refractivity contribution in [3.63, 3.8) is 0 Å². The second kappa shape index (κ2) is 7.35. The van der Waals surface area contributed by atoms with Crippen LogP contribution in [0.5, 0.6) is 0 Å². The molecule has 2 aromatic heterocycles. The lowest BCUT2D eigenvalue weighted by atomic mass is 10.1. The average molecular weight is 407 g/mol. The molecule has 0 aliphatic carbocycles. The lowest BCUT2D eigenvalue weighted by molar-refractivity contribution is 0.122. The highest BCUT2D eigenvalue weighted by molar-refractivity contribution is 6.30. The molecule has 1 aliphatic heterocycles. The molecule has 0 radical (unpaired) electrons. The number of morpholine rings is 1. The zero-order valence-electron chi connectivity index (χ0n) is 15.6. The summed E-state index contributed by atoms with van der Waals surface area (Å²) < 4.78 is 7.18. The van der Waals surface area contributed by atoms with Crippen molar-refractivity contribution in [1.29, 1.82) is 0 Å². The van der Waals surface area contributed by atoms with Gasteiger partial charge in [0.25, 0.3) is 0 Å². The molecule has 146 valence electrons. The van der Waals surface area contributed by atoms with E-state index in [-0.39, 0.29) is 0 Å². The standard InChI is InChI=1S/C21H19ClN6O/c22-15-8-6-14(7-9-15)18-17-19(23)28(16-4-2-1-3-5-16)26-20(17)25-21(24-18)27-10-12-29-13-11-27/h1-9H,10-13,23H2. The first-order valence-electron chi connectivity index (χ1n) is 9.41. The minimum atomic E-state index is 0.504. The first-order valence-corrected chi connectivity index (χ1v) is 9.79. The number of para-hydroxylation sites is 1. The number of anilines is 2. The van der Waals surface area contributed by atoms with Gasteiger partial charge in [0.2, 0.25) is 5.95 Å². The fourth-order valence-electron chi connectivity index (χ4n) is 3.49. The van der Waals surface area contributed by atoms with Gasteiger partial charge >= 0.3 is 0 Å². The maximum Gasteiger partial charge on any atom is 0.228 e. The summed E-state index contributed by atoms with van der Waals surface area (Å²) in [6.45, 7) is 2.78. The molecule has 5 rings (SSSR count). The van der Waals surface area contributed by atoms with Gasteiger partial charge in [-0.1, -0.05) is 41.9 Å². The molecule has 0 atom stereocenters. The van der Waals surface area contributed by atoms with Crippen LogP contribution in [0.15, 0.2) is 54.6 Å². The van der Waals surface area contributed by atoms with E-state index >= 15 is 0 Å². The van der Waals surface area contributed by atoms with Crippen LogP contribution in [-0.4, -0.2) is 46.1 Å². The van der Waals surface area contributed by atoms with E-state index in [4.69, 9.17) is 37.1 Å². The molecule has 0 amide bonds. The first kappa shape index (κ1) is 17.9. The minimum absolute atomic E-state index is 0.504. The Balaban J connectivity index is 1.74. The van der Waals surface area contributed by atoms with E-state index in [0.29, 0.717) is 35.6 Å². The van der Waals surface area contributed by atoms with E-state index in [1.807, 2.05) is 54.6 Å². The van der Waals surface area contributed by atoms with Crippen molar-refractivity contribution >= 4 is 34.4 Å². The summed E-state index contributed by atoms with van der Waals surface area (Å²) in [5.41, 5.74) is 9.62. The number of aromatic nitrogens is 4. The lowest BCUT2D eigenvalue weighted by Gasteiger charge is -2.27. The van der Waals surface area contributed by atoms with Crippen LogP contribution in [0, 0.1) is 0 Å². The molecule has 1 fully saturated rings. The van der Waals surface area contributed by atoms with Gasteiger partial charge in [0, 0.05) is 23.7 Å². The van der Waals surface area contributed by atoms with Gasteiger partial charge in [0.05, 0.1) is 30.0 Å². The number of nitrogens with zero attached hydrogens (tertiary/aromatic N) is 5. The highest BCUT2D eigenvalue weighted by Crippen LogP contribution is 2.34. The molecule has 0 unspecified atom stereocenters. The zero-order valence-corrected chi connectivity index (χ0v) is 16.4. The average Bonchev–Trinajstić information content (AvgIpc) is 3.11. The number of ether oxygens (including phenoxy) is 1. The third-order valence-electron chi connectivity index (χ3n) is 4.97. The Kier molecular flexibility index (Phi) is 4.54. The van der Waals surface area contributed by atoms with Gasteiger partial charge in [0.1, 0.15) is 5.82 Å². The number of fused-ring (bicyclic) bond motifs is 1. The summed E-state index contributed by atoms with van der Waals surface area (Å²) in [7, 11) is 0. The normalized spacial score (nSPS) is 14.4. The monoisotopic (exact) mass is 406 g/mol. The minimum Gasteiger partial charge on any atom is -0.383 e. The SMILES string of the molecule is Nc1c2c(-c3ccc(Cl)cc3)nc(N3CCOCC3)nc2nn1-c1ccccc1. The summed E-state index contributed by atoms with van der Waals surface area (Å²) in [6, 6.07) is 17.3. The summed E-state index contributed by atoms with van der Waals surface area (Å²) in [4.78, 5) is 11.7. The summed E-state index contributed by atoms with van der Waals surface area (Å²) in [6.07, 6.45) is 0. The van der Waals surface area contributed by atoms with Crippen molar-refractivity contribution in [3.05, 3.63) is 59.6 Å². The van der Waals surface area contributed by atoms with Crippen LogP contribution in [0.4, 0.5) is 11.8 Å². The number of hydrogen-bond acceptors (Lipinski definition) is 6. The number of nitrogen functional groups attached to an aromatic ring is 1. The van der Waals surface area contributed by atoms with Gasteiger partial charge in [-0.3, -0.25) is 0 Å². The van der Waals surface area contributed by atoms with Crippen LogP contribution in [0.1, 0.15) is 0 Å². The number of halogens is 1. The van der Waals surface area contributed by atoms with Gasteiger partial charge in [-0.25, -0.2) is 9.67 Å². The topological polar surface area (TPSA) is 82.1 Å². The molecule has 0 bridgehead atoms. The van der Waals surface area contributed by atoms with E-state index in [2.05, 4.69) is 4.90 Å². The van der Waals surface area contributed by atoms with Crippen molar-refractivity contribution in [2.75, 3.05) is 36.9 Å². The fourth-order valence-corrected chi connectivity index (χ4v) is 3.61. The molecule has 3 heterocycles. The van der Waals surface area contributed by atoms with Gasteiger partial charge in [-0.15, -0.1) is 5.10 Å². The Morgan fingerprint density at radius 2 is 1.66 bits per heavy atom. The van der Waals surface area contributed by atoms with Crippen LogP contribution in [0.3, 0.4) is 0 Å². The third kappa shape index (κ3) is 3.28. The second-order valence-electron chi connectivity index (χ2n) is 6.81. The molecule has 1 aliphatic rings. The van der Waals surface area contributed by atoms with Crippen molar-refractivity contribution in [2.45, 2.75) is 0 Å². The van der Waals surface area contributed by atoms with Crippen molar-refractivity contribution < 1.29 is 4.74 Å². The Hall–Kier alpha value is -3.16. The highest BCUT2D eigenvalue weighted by Gasteiger charge is 2.22. The predicted octanol–water partition coefficient (Wildman–Crippen LogP) is 3.55. The molecule has 4 aromatic rings. The number of nitrogens with two attached hydrogens (primary N) is 1. The third-order valence-corrected chi connectivity index (χ3v) is 5.22. The molecular weight excluding hydrogens is 388 g/mol. The molecule has 0 spiro atoms. The molecule has 7 nitrogen and oxygen atoms in total. The van der Waals surface area contributed by atoms with Crippen LogP contribution in [-0.2, 0) is 4.74 Å². The van der Waals surface area contributed by atoms with Gasteiger partial charge in [-0.2, -0.15) is 4.98 Å². The van der Waals surface area contributed by atoms with E-state index < -0.39 is 0 Å². The van der Waals surface area contributed by atoms with E-state index in [1.54, 1.807) is 4.68 Å². The Bertz CT molecular complexity index is 1150. The summed E-state index contributed by atoms with van der Waals surface area (Å²) >= 11 is 6.09. The Labute approximate surface area is 172 Å². The molecule has 1 saturated heterocycles. The molecule has 8 heteroatoms. The molecule has 2 N–H and O–H groups in total. The number of hydrogen-bond donors (Lipinski definition) is 1. The number of rotatable bonds is 3. The van der Waals surface area contributed by atoms with Crippen molar-refractivity contribution in [3.8, 4) is 16.9 Å². The van der Waals surface area contributed by atoms with Gasteiger partial charge in [0.15, 0.2) is 5.65 Å². The van der Waals surface area contributed by atoms with E-state index in [1.165, 1.54) is 0 Å². The van der Waals surface area contributed by atoms with Gasteiger partial charge < -0.3 is 15.4 Å². The molecule has 2 aromatic carbocycles. The Morgan fingerprint density at radius 3 is 2.38 bits per heavy atom. The van der Waals surface area contributed by atoms with Crippen molar-refractivity contribution in [1.82, 2.24) is 19.7 Å². The lowest BCUT2D eigenvalue weighted by Crippen LogP contribution is -2.37. The van der Waals surface area contributed by atoms with Crippen LogP contribution < -0.4 is 10.6 Å². The quantitative estimate of drug-likeness (QED) is 0.560. The van der Waals surface area contributed by atoms with Crippen molar-refractivity contribution in [2.24, 2.45) is 0 Å². The maximum absolute atomic E-state index is 6.53. The molecular formula is C21H19ClN6O. The van der Waals surface area contributed by atoms with Crippen LogP contribution in [0.2, 0.25) is 5.02 Å². The van der Waals surface area contributed by atoms with Gasteiger partial charge in [-0.05, 0) is 24.3 Å². The zero-order chi connectivity index (χ0) is 19.8.